The second-order valence-corrected chi connectivity index (χ2v) is 4.84. The Kier molecular flexibility index (Phi) is 3.85. The van der Waals surface area contributed by atoms with Gasteiger partial charge in [-0.15, -0.1) is 11.3 Å². The molecule has 2 nitrogen and oxygen atoms in total. The smallest absolute Gasteiger partial charge is 0.210 e. The predicted molar refractivity (Wildman–Crippen MR) is 72.2 cm³/mol. The highest BCUT2D eigenvalue weighted by molar-refractivity contribution is 7.80. The zero-order valence-electron chi connectivity index (χ0n) is 9.10. The number of ether oxygens (including phenoxy) is 1. The van der Waals surface area contributed by atoms with Gasteiger partial charge in [0.1, 0.15) is 5.69 Å². The Bertz CT molecular complexity index is 492. The van der Waals surface area contributed by atoms with Crippen LogP contribution in [0.4, 0.5) is 0 Å². The summed E-state index contributed by atoms with van der Waals surface area (Å²) in [6, 6.07) is 4.06. The number of thiocarbonyl (C=S) groups is 1. The van der Waals surface area contributed by atoms with Gasteiger partial charge < -0.3 is 4.74 Å². The molecule has 16 heavy (non-hydrogen) atoms. The first-order valence-electron chi connectivity index (χ1n) is 5.31. The number of thiophene rings is 1. The van der Waals surface area contributed by atoms with E-state index >= 15 is 0 Å². The Morgan fingerprint density at radius 3 is 3.25 bits per heavy atom. The molecule has 0 bridgehead atoms. The highest BCUT2D eigenvalue weighted by Crippen LogP contribution is 2.20. The third-order valence-corrected chi connectivity index (χ3v) is 3.47. The van der Waals surface area contributed by atoms with Crippen LogP contribution in [-0.2, 0) is 4.74 Å². The maximum absolute atomic E-state index is 5.47. The molecule has 0 spiro atoms. The topological polar surface area (TPSA) is 22.1 Å². The molecule has 0 radical (unpaired) electrons. The first-order valence-corrected chi connectivity index (χ1v) is 6.60. The van der Waals surface area contributed by atoms with E-state index in [1.807, 2.05) is 12.3 Å². The lowest BCUT2D eigenvalue weighted by Gasteiger charge is -2.05. The van der Waals surface area contributed by atoms with Crippen LogP contribution < -0.4 is 0 Å². The minimum Gasteiger partial charge on any atom is -0.482 e. The first kappa shape index (κ1) is 11.5. The van der Waals surface area contributed by atoms with E-state index in [1.165, 1.54) is 10.1 Å². The largest absolute Gasteiger partial charge is 0.482 e. The van der Waals surface area contributed by atoms with Gasteiger partial charge in [-0.25, -0.2) is 0 Å². The van der Waals surface area contributed by atoms with Crippen molar-refractivity contribution in [2.45, 2.75) is 19.8 Å². The molecular formula is C12H13NOS2. The average molecular weight is 251 g/mol. The van der Waals surface area contributed by atoms with Crippen LogP contribution in [0.1, 0.15) is 25.5 Å². The lowest BCUT2D eigenvalue weighted by molar-refractivity contribution is 0.305. The van der Waals surface area contributed by atoms with Gasteiger partial charge in [0.25, 0.3) is 0 Å². The van der Waals surface area contributed by atoms with Gasteiger partial charge in [0.2, 0.25) is 5.05 Å². The van der Waals surface area contributed by atoms with Crippen LogP contribution in [0, 0.1) is 0 Å². The van der Waals surface area contributed by atoms with Crippen molar-refractivity contribution in [2.75, 3.05) is 6.61 Å². The van der Waals surface area contributed by atoms with Crippen molar-refractivity contribution in [2.24, 2.45) is 0 Å². The summed E-state index contributed by atoms with van der Waals surface area (Å²) < 4.78 is 6.65. The molecule has 2 rings (SSSR count). The van der Waals surface area contributed by atoms with E-state index in [9.17, 15) is 0 Å². The number of rotatable bonds is 4. The van der Waals surface area contributed by atoms with Crippen LogP contribution in [0.2, 0.25) is 0 Å². The molecule has 0 unspecified atom stereocenters. The fraction of sp³-hybridized carbons (Fsp3) is 0.333. The summed E-state index contributed by atoms with van der Waals surface area (Å²) in [7, 11) is 0. The SMILES string of the molecule is CCCCOC(=S)c1cc2ccsc2cn1. The van der Waals surface area contributed by atoms with E-state index in [-0.39, 0.29) is 0 Å². The first-order chi connectivity index (χ1) is 7.81. The van der Waals surface area contributed by atoms with Gasteiger partial charge in [-0.2, -0.15) is 0 Å². The standard InChI is InChI=1S/C12H13NOS2/c1-2-3-5-14-12(15)10-7-9-4-6-16-11(9)8-13-10/h4,6-8H,2-3,5H2,1H3. The van der Waals surface area contributed by atoms with Crippen LogP contribution in [-0.4, -0.2) is 16.6 Å². The molecule has 0 amide bonds. The van der Waals surface area contributed by atoms with Crippen LogP contribution in [0.3, 0.4) is 0 Å². The molecule has 0 N–H and O–H groups in total. The van der Waals surface area contributed by atoms with E-state index in [4.69, 9.17) is 17.0 Å². The molecular weight excluding hydrogens is 238 g/mol. The lowest BCUT2D eigenvalue weighted by atomic mass is 10.3. The number of fused-ring (bicyclic) bond motifs is 1. The Labute approximate surface area is 104 Å². The van der Waals surface area contributed by atoms with Gasteiger partial charge in [0, 0.05) is 6.20 Å². The summed E-state index contributed by atoms with van der Waals surface area (Å²) in [4.78, 5) is 4.30. The molecule has 2 aromatic rings. The van der Waals surface area contributed by atoms with Gasteiger partial charge in [-0.3, -0.25) is 4.98 Å². The Morgan fingerprint density at radius 1 is 1.56 bits per heavy atom. The average Bonchev–Trinajstić information content (AvgIpc) is 2.76. The van der Waals surface area contributed by atoms with Gasteiger partial charge >= 0.3 is 0 Å². The Hall–Kier alpha value is -1.00. The van der Waals surface area contributed by atoms with E-state index in [2.05, 4.69) is 23.4 Å². The van der Waals surface area contributed by atoms with Crippen molar-refractivity contribution in [1.82, 2.24) is 4.98 Å². The van der Waals surface area contributed by atoms with Crippen molar-refractivity contribution in [3.63, 3.8) is 0 Å². The predicted octanol–water partition coefficient (Wildman–Crippen LogP) is 3.79. The van der Waals surface area contributed by atoms with Crippen molar-refractivity contribution < 1.29 is 4.74 Å². The lowest BCUT2D eigenvalue weighted by Crippen LogP contribution is -2.06. The van der Waals surface area contributed by atoms with E-state index < -0.39 is 0 Å². The van der Waals surface area contributed by atoms with Crippen molar-refractivity contribution >= 4 is 38.7 Å². The summed E-state index contributed by atoms with van der Waals surface area (Å²) in [6.07, 6.45) is 3.99. The highest BCUT2D eigenvalue weighted by atomic mass is 32.1. The third kappa shape index (κ3) is 2.57. The Morgan fingerprint density at radius 2 is 2.44 bits per heavy atom. The molecule has 0 aromatic carbocycles. The quantitative estimate of drug-likeness (QED) is 0.609. The number of unbranched alkanes of at least 4 members (excludes halogenated alkanes) is 1. The van der Waals surface area contributed by atoms with E-state index in [1.54, 1.807) is 11.3 Å². The summed E-state index contributed by atoms with van der Waals surface area (Å²) in [5.74, 6) is 0. The second kappa shape index (κ2) is 5.37. The van der Waals surface area contributed by atoms with Gasteiger partial charge in [-0.05, 0) is 41.5 Å². The maximum atomic E-state index is 5.47. The molecule has 0 aliphatic carbocycles. The molecule has 0 aliphatic heterocycles. The number of aromatic nitrogens is 1. The molecule has 0 saturated heterocycles. The van der Waals surface area contributed by atoms with Crippen LogP contribution in [0.5, 0.6) is 0 Å². The van der Waals surface area contributed by atoms with E-state index in [0.29, 0.717) is 11.7 Å². The minimum atomic E-state index is 0.501. The summed E-state index contributed by atoms with van der Waals surface area (Å²) in [5, 5.41) is 3.73. The zero-order valence-corrected chi connectivity index (χ0v) is 10.7. The molecule has 2 heterocycles. The number of hydrogen-bond donors (Lipinski definition) is 0. The van der Waals surface area contributed by atoms with Crippen LogP contribution >= 0.6 is 23.6 Å². The maximum Gasteiger partial charge on any atom is 0.210 e. The zero-order chi connectivity index (χ0) is 11.4. The number of nitrogens with zero attached hydrogens (tertiary/aromatic N) is 1. The van der Waals surface area contributed by atoms with Crippen molar-refractivity contribution in [3.05, 3.63) is 29.4 Å². The number of hydrogen-bond acceptors (Lipinski definition) is 4. The normalized spacial score (nSPS) is 10.6. The Balaban J connectivity index is 2.10. The second-order valence-electron chi connectivity index (χ2n) is 3.52. The molecule has 0 saturated carbocycles. The molecule has 0 atom stereocenters. The van der Waals surface area contributed by atoms with Gasteiger partial charge in [-0.1, -0.05) is 13.3 Å². The molecule has 0 fully saturated rings. The van der Waals surface area contributed by atoms with Gasteiger partial charge in [0.15, 0.2) is 0 Å². The minimum absolute atomic E-state index is 0.501. The molecule has 2 aromatic heterocycles. The third-order valence-electron chi connectivity index (χ3n) is 2.28. The van der Waals surface area contributed by atoms with Crippen molar-refractivity contribution in [3.8, 4) is 0 Å². The molecule has 84 valence electrons. The number of pyridine rings is 1. The molecule has 4 heteroatoms. The molecule has 0 aliphatic rings. The van der Waals surface area contributed by atoms with Crippen molar-refractivity contribution in [1.29, 1.82) is 0 Å². The summed E-state index contributed by atoms with van der Waals surface area (Å²) >= 11 is 6.87. The fourth-order valence-corrected chi connectivity index (χ4v) is 2.30. The van der Waals surface area contributed by atoms with Gasteiger partial charge in [0.05, 0.1) is 11.3 Å². The summed E-state index contributed by atoms with van der Waals surface area (Å²) in [6.45, 7) is 2.81. The highest BCUT2D eigenvalue weighted by Gasteiger charge is 2.05. The monoisotopic (exact) mass is 251 g/mol. The fourth-order valence-electron chi connectivity index (χ4n) is 1.36. The van der Waals surface area contributed by atoms with Crippen LogP contribution in [0.25, 0.3) is 10.1 Å². The van der Waals surface area contributed by atoms with Crippen LogP contribution in [0.15, 0.2) is 23.7 Å². The summed E-state index contributed by atoms with van der Waals surface area (Å²) in [5.41, 5.74) is 0.761. The van der Waals surface area contributed by atoms with E-state index in [0.717, 1.165) is 18.5 Å².